The van der Waals surface area contributed by atoms with Crippen molar-refractivity contribution in [2.45, 2.75) is 32.9 Å². The number of hydrogen-bond acceptors (Lipinski definition) is 4. The van der Waals surface area contributed by atoms with E-state index in [-0.39, 0.29) is 6.10 Å². The molecule has 0 aliphatic carbocycles. The molecular weight excluding hydrogens is 320 g/mol. The van der Waals surface area contributed by atoms with Gasteiger partial charge in [0.25, 0.3) is 0 Å². The van der Waals surface area contributed by atoms with Crippen LogP contribution in [-0.4, -0.2) is 31.1 Å². The maximum absolute atomic E-state index is 11.7. The zero-order valence-electron chi connectivity index (χ0n) is 13.6. The van der Waals surface area contributed by atoms with Crippen molar-refractivity contribution in [1.29, 1.82) is 0 Å². The Morgan fingerprint density at radius 3 is 2.48 bits per heavy atom. The minimum atomic E-state index is -0.743. The van der Waals surface area contributed by atoms with Gasteiger partial charge >= 0.3 is 0 Å². The molecule has 0 bridgehead atoms. The largest absolute Gasteiger partial charge is 0.493 e. The number of halogens is 1. The zero-order valence-corrected chi connectivity index (χ0v) is 14.3. The van der Waals surface area contributed by atoms with E-state index >= 15 is 0 Å². The third-order valence-corrected chi connectivity index (χ3v) is 3.10. The van der Waals surface area contributed by atoms with Gasteiger partial charge in [0, 0.05) is 6.08 Å². The van der Waals surface area contributed by atoms with Crippen LogP contribution in [0.4, 0.5) is 0 Å². The Morgan fingerprint density at radius 2 is 1.96 bits per heavy atom. The second kappa shape index (κ2) is 8.43. The van der Waals surface area contributed by atoms with Crippen LogP contribution in [0.2, 0.25) is 5.02 Å². The molecule has 23 heavy (non-hydrogen) atoms. The molecule has 6 nitrogen and oxygen atoms in total. The summed E-state index contributed by atoms with van der Waals surface area (Å²) < 4.78 is 10.9. The summed E-state index contributed by atoms with van der Waals surface area (Å²) in [5, 5.41) is 2.82. The molecule has 0 aromatic heterocycles. The number of primary amides is 1. The fraction of sp³-hybridized carbons (Fsp3) is 0.375. The van der Waals surface area contributed by atoms with Crippen molar-refractivity contribution in [2.75, 3.05) is 7.11 Å². The summed E-state index contributed by atoms with van der Waals surface area (Å²) in [6.07, 6.45) is 2.79. The van der Waals surface area contributed by atoms with Gasteiger partial charge in [0.05, 0.1) is 18.2 Å². The fourth-order valence-electron chi connectivity index (χ4n) is 1.69. The lowest BCUT2D eigenvalue weighted by atomic mass is 10.1. The van der Waals surface area contributed by atoms with E-state index in [2.05, 4.69) is 5.32 Å². The molecule has 1 aromatic carbocycles. The third-order valence-electron chi connectivity index (χ3n) is 2.82. The van der Waals surface area contributed by atoms with Crippen molar-refractivity contribution in [2.24, 2.45) is 5.73 Å². The predicted molar refractivity (Wildman–Crippen MR) is 89.6 cm³/mol. The van der Waals surface area contributed by atoms with Gasteiger partial charge in [0.15, 0.2) is 11.5 Å². The SMILES string of the molecule is COc1cc(/C=C/C(=O)NC(C)C(N)=O)cc(Cl)c1OC(C)C. The smallest absolute Gasteiger partial charge is 0.244 e. The molecule has 1 aromatic rings. The van der Waals surface area contributed by atoms with Crippen LogP contribution in [-0.2, 0) is 9.59 Å². The normalized spacial score (nSPS) is 12.3. The molecule has 0 saturated carbocycles. The molecule has 0 aliphatic rings. The van der Waals surface area contributed by atoms with Crippen LogP contribution >= 0.6 is 11.6 Å². The number of benzene rings is 1. The van der Waals surface area contributed by atoms with Crippen molar-refractivity contribution in [3.05, 3.63) is 28.8 Å². The number of amides is 2. The van der Waals surface area contributed by atoms with Crippen molar-refractivity contribution < 1.29 is 19.1 Å². The molecule has 0 spiro atoms. The highest BCUT2D eigenvalue weighted by Gasteiger charge is 2.13. The fourth-order valence-corrected chi connectivity index (χ4v) is 1.95. The first-order chi connectivity index (χ1) is 10.7. The van der Waals surface area contributed by atoms with Gasteiger partial charge in [0.2, 0.25) is 11.8 Å². The first-order valence-electron chi connectivity index (χ1n) is 7.06. The molecule has 1 rings (SSSR count). The second-order valence-corrected chi connectivity index (χ2v) is 5.57. The summed E-state index contributed by atoms with van der Waals surface area (Å²) in [6, 6.07) is 2.61. The summed E-state index contributed by atoms with van der Waals surface area (Å²) in [5.74, 6) is -0.120. The highest BCUT2D eigenvalue weighted by atomic mass is 35.5. The van der Waals surface area contributed by atoms with E-state index in [1.807, 2.05) is 13.8 Å². The molecule has 0 saturated heterocycles. The topological polar surface area (TPSA) is 90.6 Å². The van der Waals surface area contributed by atoms with Crippen LogP contribution in [0.5, 0.6) is 11.5 Å². The number of nitrogens with one attached hydrogen (secondary N) is 1. The van der Waals surface area contributed by atoms with Crippen LogP contribution in [0.3, 0.4) is 0 Å². The van der Waals surface area contributed by atoms with E-state index in [1.54, 1.807) is 18.2 Å². The quantitative estimate of drug-likeness (QED) is 0.744. The van der Waals surface area contributed by atoms with E-state index in [4.69, 9.17) is 26.8 Å². The molecule has 3 N–H and O–H groups in total. The number of hydrogen-bond donors (Lipinski definition) is 2. The van der Waals surface area contributed by atoms with Gasteiger partial charge < -0.3 is 20.5 Å². The molecule has 1 unspecified atom stereocenters. The molecule has 7 heteroatoms. The van der Waals surface area contributed by atoms with Crippen LogP contribution in [0, 0.1) is 0 Å². The van der Waals surface area contributed by atoms with Gasteiger partial charge in [-0.15, -0.1) is 0 Å². The number of rotatable bonds is 7. The Morgan fingerprint density at radius 1 is 1.30 bits per heavy atom. The summed E-state index contributed by atoms with van der Waals surface area (Å²) in [7, 11) is 1.51. The summed E-state index contributed by atoms with van der Waals surface area (Å²) in [5.41, 5.74) is 5.74. The van der Waals surface area contributed by atoms with Gasteiger partial charge in [-0.05, 0) is 44.5 Å². The Bertz CT molecular complexity index is 614. The summed E-state index contributed by atoms with van der Waals surface area (Å²) in [4.78, 5) is 22.6. The molecule has 0 heterocycles. The second-order valence-electron chi connectivity index (χ2n) is 5.17. The van der Waals surface area contributed by atoms with Crippen molar-refractivity contribution in [3.63, 3.8) is 0 Å². The average Bonchev–Trinajstić information content (AvgIpc) is 2.46. The van der Waals surface area contributed by atoms with Crippen LogP contribution in [0.25, 0.3) is 6.08 Å². The minimum Gasteiger partial charge on any atom is -0.493 e. The van der Waals surface area contributed by atoms with E-state index in [9.17, 15) is 9.59 Å². The number of methoxy groups -OCH3 is 1. The molecule has 126 valence electrons. The van der Waals surface area contributed by atoms with Gasteiger partial charge in [-0.25, -0.2) is 0 Å². The highest BCUT2D eigenvalue weighted by molar-refractivity contribution is 6.32. The number of carbonyl (C=O) groups excluding carboxylic acids is 2. The Hall–Kier alpha value is -2.21. The van der Waals surface area contributed by atoms with E-state index in [0.717, 1.165) is 0 Å². The van der Waals surface area contributed by atoms with Gasteiger partial charge in [0.1, 0.15) is 6.04 Å². The number of nitrogens with two attached hydrogens (primary N) is 1. The zero-order chi connectivity index (χ0) is 17.6. The first kappa shape index (κ1) is 18.8. The lowest BCUT2D eigenvalue weighted by molar-refractivity contribution is -0.124. The number of ether oxygens (including phenoxy) is 2. The van der Waals surface area contributed by atoms with Crippen molar-refractivity contribution in [1.82, 2.24) is 5.32 Å². The average molecular weight is 341 g/mol. The van der Waals surface area contributed by atoms with Crippen molar-refractivity contribution >= 4 is 29.5 Å². The molecule has 0 radical (unpaired) electrons. The molecule has 0 fully saturated rings. The Kier molecular flexibility index (Phi) is 6.90. The molecular formula is C16H21ClN2O4. The third kappa shape index (κ3) is 5.83. The first-order valence-corrected chi connectivity index (χ1v) is 7.44. The van der Waals surface area contributed by atoms with Crippen molar-refractivity contribution in [3.8, 4) is 11.5 Å². The lowest BCUT2D eigenvalue weighted by Gasteiger charge is -2.15. The standard InChI is InChI=1S/C16H21ClN2O4/c1-9(2)23-15-12(17)7-11(8-13(15)22-4)5-6-14(20)19-10(3)16(18)21/h5-10H,1-4H3,(H2,18,21)(H,19,20)/b6-5+. The maximum Gasteiger partial charge on any atom is 0.244 e. The van der Waals surface area contributed by atoms with Gasteiger partial charge in [-0.2, -0.15) is 0 Å². The van der Waals surface area contributed by atoms with Gasteiger partial charge in [-0.1, -0.05) is 11.6 Å². The summed E-state index contributed by atoms with van der Waals surface area (Å²) >= 11 is 6.20. The van der Waals surface area contributed by atoms with Gasteiger partial charge in [-0.3, -0.25) is 9.59 Å². The van der Waals surface area contributed by atoms with Crippen LogP contribution in [0.1, 0.15) is 26.3 Å². The Balaban J connectivity index is 2.93. The molecule has 0 aliphatic heterocycles. The van der Waals surface area contributed by atoms with Crippen LogP contribution < -0.4 is 20.5 Å². The lowest BCUT2D eigenvalue weighted by Crippen LogP contribution is -2.41. The molecule has 1 atom stereocenters. The van der Waals surface area contributed by atoms with E-state index in [0.29, 0.717) is 22.1 Å². The van der Waals surface area contributed by atoms with E-state index < -0.39 is 17.9 Å². The monoisotopic (exact) mass is 340 g/mol. The van der Waals surface area contributed by atoms with E-state index in [1.165, 1.54) is 20.1 Å². The highest BCUT2D eigenvalue weighted by Crippen LogP contribution is 2.37. The predicted octanol–water partition coefficient (Wildman–Crippen LogP) is 2.14. The van der Waals surface area contributed by atoms with Crippen LogP contribution in [0.15, 0.2) is 18.2 Å². The number of carbonyl (C=O) groups is 2. The summed E-state index contributed by atoms with van der Waals surface area (Å²) in [6.45, 7) is 5.27. The Labute approximate surface area is 140 Å². The minimum absolute atomic E-state index is 0.0520. The maximum atomic E-state index is 11.7. The molecule has 2 amide bonds.